The summed E-state index contributed by atoms with van der Waals surface area (Å²) in [5.74, 6) is -2.55. The Morgan fingerprint density at radius 2 is 0.757 bits per heavy atom. The maximum Gasteiger partial charge on any atom is 0.472 e. The molecule has 0 rings (SSSR count). The Labute approximate surface area is 421 Å². The zero-order valence-corrected chi connectivity index (χ0v) is 43.1. The van der Waals surface area contributed by atoms with Crippen molar-refractivity contribution in [2.45, 2.75) is 154 Å². The molecule has 0 saturated heterocycles. The number of hydrogen-bond donors (Lipinski definition) is 4. The Kier molecular flexibility index (Phi) is 46.5. The maximum atomic E-state index is 12.3. The first-order valence-electron chi connectivity index (χ1n) is 25.2. The highest BCUT2D eigenvalue weighted by molar-refractivity contribution is 7.47. The lowest BCUT2D eigenvalue weighted by atomic mass is 10.2. The van der Waals surface area contributed by atoms with E-state index in [0.29, 0.717) is 25.7 Å². The Morgan fingerprint density at radius 1 is 0.457 bits per heavy atom. The number of carboxylic acids is 1. The summed E-state index contributed by atoms with van der Waals surface area (Å²) in [6, 6.07) is -1.60. The van der Waals surface area contributed by atoms with Crippen LogP contribution in [0.3, 0.4) is 0 Å². The summed E-state index contributed by atoms with van der Waals surface area (Å²) in [6.07, 6.45) is 73.9. The molecule has 0 aliphatic rings. The van der Waals surface area contributed by atoms with Crippen LogP contribution < -0.4 is 5.32 Å². The summed E-state index contributed by atoms with van der Waals surface area (Å²) >= 11 is 0. The molecule has 388 valence electrons. The first-order chi connectivity index (χ1) is 34.1. The molecule has 0 bridgehead atoms. The molecule has 3 atom stereocenters. The molecule has 0 fully saturated rings. The molecule has 0 aromatic rings. The average molecular weight is 988 g/mol. The lowest BCUT2D eigenvalue weighted by Gasteiger charge is -2.18. The van der Waals surface area contributed by atoms with Crippen LogP contribution in [-0.2, 0) is 32.7 Å². The Balaban J connectivity index is 4.07. The smallest absolute Gasteiger partial charge is 0.472 e. The number of ether oxygens (including phenoxy) is 1. The van der Waals surface area contributed by atoms with Gasteiger partial charge in [0.15, 0.2) is 6.04 Å². The molecular formula is C58H86NO10P. The van der Waals surface area contributed by atoms with Crippen LogP contribution in [0.15, 0.2) is 170 Å². The number of carbonyl (C=O) groups excluding carboxylic acids is 2. The van der Waals surface area contributed by atoms with Gasteiger partial charge in [0.05, 0.1) is 13.2 Å². The molecule has 1 amide bonds. The van der Waals surface area contributed by atoms with Crippen LogP contribution >= 0.6 is 7.82 Å². The number of unbranched alkanes of at least 4 members (excludes halogenated alkanes) is 2. The summed E-state index contributed by atoms with van der Waals surface area (Å²) < 4.78 is 26.9. The van der Waals surface area contributed by atoms with Crippen LogP contribution in [-0.4, -0.2) is 64.9 Å². The number of hydrogen-bond acceptors (Lipinski definition) is 8. The zero-order valence-electron chi connectivity index (χ0n) is 42.2. The van der Waals surface area contributed by atoms with E-state index in [1.54, 1.807) is 0 Å². The number of nitrogens with one attached hydrogen (secondary N) is 1. The van der Waals surface area contributed by atoms with E-state index in [1.807, 2.05) is 24.3 Å². The SMILES string of the molecule is CC/C=C\C/C=C\C/C=C\C/C=C\C/C=C\C/C=C\C/C=C\CCCC(=O)NC(COP(=O)(O)OCC(O)COC(=O)CCC/C=C\C/C=C\C/C=C\C/C=C\C/C=C\C/C=C\C/C=C\CC)C(=O)O. The molecule has 0 aromatic heterocycles. The minimum absolute atomic E-state index is 0.0496. The van der Waals surface area contributed by atoms with Gasteiger partial charge in [0.1, 0.15) is 12.7 Å². The van der Waals surface area contributed by atoms with E-state index in [4.69, 9.17) is 13.8 Å². The average Bonchev–Trinajstić information content (AvgIpc) is 3.34. The number of carbonyl (C=O) groups is 3. The van der Waals surface area contributed by atoms with Crippen LogP contribution in [0.1, 0.15) is 142 Å². The number of aliphatic hydroxyl groups is 1. The van der Waals surface area contributed by atoms with Gasteiger partial charge in [0.25, 0.3) is 0 Å². The van der Waals surface area contributed by atoms with Crippen molar-refractivity contribution in [1.82, 2.24) is 5.32 Å². The third-order valence-electron chi connectivity index (χ3n) is 9.50. The second-order valence-corrected chi connectivity index (χ2v) is 17.3. The van der Waals surface area contributed by atoms with Crippen molar-refractivity contribution in [3.05, 3.63) is 170 Å². The molecule has 0 heterocycles. The predicted molar refractivity (Wildman–Crippen MR) is 290 cm³/mol. The van der Waals surface area contributed by atoms with E-state index in [-0.39, 0.29) is 12.8 Å². The molecular weight excluding hydrogens is 902 g/mol. The number of phosphoric ester groups is 1. The van der Waals surface area contributed by atoms with Crippen LogP contribution in [0, 0.1) is 0 Å². The van der Waals surface area contributed by atoms with Crippen molar-refractivity contribution in [1.29, 1.82) is 0 Å². The molecule has 0 radical (unpaired) electrons. The normalized spacial score (nSPS) is 14.9. The molecule has 4 N–H and O–H groups in total. The third kappa shape index (κ3) is 49.3. The van der Waals surface area contributed by atoms with Gasteiger partial charge in [0.2, 0.25) is 5.91 Å². The van der Waals surface area contributed by atoms with Gasteiger partial charge < -0.3 is 25.2 Å². The van der Waals surface area contributed by atoms with E-state index >= 15 is 0 Å². The summed E-state index contributed by atoms with van der Waals surface area (Å²) in [5, 5.41) is 21.9. The number of aliphatic carboxylic acids is 1. The molecule has 70 heavy (non-hydrogen) atoms. The monoisotopic (exact) mass is 988 g/mol. The first kappa shape index (κ1) is 64.8. The number of esters is 1. The number of phosphoric acid groups is 1. The fourth-order valence-corrected chi connectivity index (χ4v) is 6.48. The van der Waals surface area contributed by atoms with Crippen LogP contribution in [0.4, 0.5) is 0 Å². The van der Waals surface area contributed by atoms with E-state index in [9.17, 15) is 34.1 Å². The number of aliphatic hydroxyl groups excluding tert-OH is 1. The third-order valence-corrected chi connectivity index (χ3v) is 10.5. The molecule has 0 aliphatic heterocycles. The van der Waals surface area contributed by atoms with Gasteiger partial charge in [-0.1, -0.05) is 184 Å². The van der Waals surface area contributed by atoms with Crippen molar-refractivity contribution >= 4 is 25.7 Å². The van der Waals surface area contributed by atoms with Gasteiger partial charge in [0, 0.05) is 12.8 Å². The van der Waals surface area contributed by atoms with Crippen LogP contribution in [0.2, 0.25) is 0 Å². The van der Waals surface area contributed by atoms with Crippen LogP contribution in [0.5, 0.6) is 0 Å². The van der Waals surface area contributed by atoms with E-state index in [1.165, 1.54) is 0 Å². The summed E-state index contributed by atoms with van der Waals surface area (Å²) in [7, 11) is -4.81. The fraction of sp³-hybridized carbons (Fsp3) is 0.466. The summed E-state index contributed by atoms with van der Waals surface area (Å²) in [4.78, 5) is 46.1. The second-order valence-electron chi connectivity index (χ2n) is 15.9. The van der Waals surface area contributed by atoms with Crippen molar-refractivity contribution in [3.63, 3.8) is 0 Å². The quantitative estimate of drug-likeness (QED) is 0.0200. The van der Waals surface area contributed by atoms with Crippen LogP contribution in [0.25, 0.3) is 0 Å². The topological polar surface area (TPSA) is 169 Å². The predicted octanol–water partition coefficient (Wildman–Crippen LogP) is 14.2. The maximum absolute atomic E-state index is 12.3. The number of carboxylic acid groups (broad SMARTS) is 1. The summed E-state index contributed by atoms with van der Waals surface area (Å²) in [6.45, 7) is 2.25. The van der Waals surface area contributed by atoms with Gasteiger partial charge >= 0.3 is 19.8 Å². The zero-order chi connectivity index (χ0) is 51.3. The molecule has 11 nitrogen and oxygen atoms in total. The van der Waals surface area contributed by atoms with E-state index in [0.717, 1.165) is 89.9 Å². The fourth-order valence-electron chi connectivity index (χ4n) is 5.70. The Bertz CT molecular complexity index is 1820. The second kappa shape index (κ2) is 50.2. The largest absolute Gasteiger partial charge is 0.480 e. The molecule has 3 unspecified atom stereocenters. The molecule has 12 heteroatoms. The standard InChI is InChI=1S/C58H86NO10P/c1-3-5-7-9-11-13-15-17-19-21-23-25-27-29-31-33-35-37-39-41-43-45-47-49-56(61)59-55(58(63)64)53-69-70(65,66)68-52-54(60)51-67-57(62)50-48-46-44-42-40-38-36-34-32-30-28-26-24-22-20-18-16-14-12-10-8-6-4-2/h5-8,11-14,17-20,23-26,29-32,35-38,41-44,54-55,60H,3-4,9-10,15-16,21-22,27-28,33-34,39-40,45-53H2,1-2H3,(H,59,61)(H,63,64)(H,65,66)/b7-5-,8-6-,13-11-,14-12-,19-17-,20-18-,25-23-,26-24-,31-29-,32-30-,37-35-,38-36-,43-41-,44-42-. The van der Waals surface area contributed by atoms with Crippen molar-refractivity contribution in [2.24, 2.45) is 0 Å². The minimum atomic E-state index is -4.81. The highest BCUT2D eigenvalue weighted by atomic mass is 31.2. The lowest BCUT2D eigenvalue weighted by Crippen LogP contribution is -2.43. The lowest BCUT2D eigenvalue weighted by molar-refractivity contribution is -0.147. The molecule has 0 spiro atoms. The molecule has 0 saturated carbocycles. The van der Waals surface area contributed by atoms with Crippen molar-refractivity contribution in [2.75, 3.05) is 19.8 Å². The van der Waals surface area contributed by atoms with Gasteiger partial charge in [-0.05, 0) is 116 Å². The summed E-state index contributed by atoms with van der Waals surface area (Å²) in [5.41, 5.74) is 0. The van der Waals surface area contributed by atoms with E-state index in [2.05, 4.69) is 165 Å². The molecule has 0 aromatic carbocycles. The Morgan fingerprint density at radius 3 is 1.09 bits per heavy atom. The Hall–Kier alpha value is -5.16. The number of allylic oxidation sites excluding steroid dienone is 28. The highest BCUT2D eigenvalue weighted by Crippen LogP contribution is 2.43. The van der Waals surface area contributed by atoms with Crippen molar-refractivity contribution in [3.8, 4) is 0 Å². The van der Waals surface area contributed by atoms with Gasteiger partial charge in [-0.15, -0.1) is 0 Å². The number of rotatable bonds is 44. The number of amides is 1. The molecule has 0 aliphatic carbocycles. The van der Waals surface area contributed by atoms with Gasteiger partial charge in [-0.3, -0.25) is 18.6 Å². The van der Waals surface area contributed by atoms with Gasteiger partial charge in [-0.25, -0.2) is 9.36 Å². The highest BCUT2D eigenvalue weighted by Gasteiger charge is 2.28. The van der Waals surface area contributed by atoms with E-state index < -0.39 is 57.6 Å². The minimum Gasteiger partial charge on any atom is -0.480 e. The van der Waals surface area contributed by atoms with Crippen molar-refractivity contribution < 1.29 is 47.8 Å². The van der Waals surface area contributed by atoms with Gasteiger partial charge in [-0.2, -0.15) is 0 Å². The first-order valence-corrected chi connectivity index (χ1v) is 26.7.